The van der Waals surface area contributed by atoms with E-state index in [1.54, 1.807) is 11.4 Å². The minimum Gasteiger partial charge on any atom is -0.279 e. The van der Waals surface area contributed by atoms with Crippen LogP contribution in [-0.4, -0.2) is 13.3 Å². The van der Waals surface area contributed by atoms with Crippen LogP contribution in [0.5, 0.6) is 0 Å². The monoisotopic (exact) mass is 302 g/mol. The summed E-state index contributed by atoms with van der Waals surface area (Å²) in [6.07, 6.45) is 0. The normalized spacial score (nSPS) is 11.2. The third-order valence-electron chi connectivity index (χ3n) is 2.15. The van der Waals surface area contributed by atoms with Gasteiger partial charge in [-0.15, -0.1) is 11.3 Å². The van der Waals surface area contributed by atoms with Crippen LogP contribution in [0.2, 0.25) is 0 Å². The maximum Gasteiger partial charge on any atom is 0.306 e. The Morgan fingerprint density at radius 2 is 2.05 bits per heavy atom. The number of nitro benzene ring substituents is 1. The molecule has 1 aromatic carbocycles. The van der Waals surface area contributed by atoms with Crippen molar-refractivity contribution in [1.29, 1.82) is 0 Å². The molecule has 0 amide bonds. The number of thiophene rings is 1. The van der Waals surface area contributed by atoms with Crippen molar-refractivity contribution in [2.45, 2.75) is 4.21 Å². The molecule has 0 aliphatic heterocycles. The summed E-state index contributed by atoms with van der Waals surface area (Å²) in [5, 5.41) is 12.1. The average molecular weight is 302 g/mol. The molecule has 6 nitrogen and oxygen atoms in total. The van der Waals surface area contributed by atoms with Crippen molar-refractivity contribution in [1.82, 2.24) is 0 Å². The molecule has 9 heteroatoms. The van der Waals surface area contributed by atoms with Gasteiger partial charge in [-0.3, -0.25) is 14.8 Å². The number of rotatable bonds is 4. The molecule has 0 aliphatic carbocycles. The number of hydrogen-bond donors (Lipinski definition) is 1. The fourth-order valence-corrected chi connectivity index (χ4v) is 3.38. The van der Waals surface area contributed by atoms with Crippen LogP contribution < -0.4 is 4.72 Å². The summed E-state index contributed by atoms with van der Waals surface area (Å²) in [4.78, 5) is 9.64. The Kier molecular flexibility index (Phi) is 3.49. The molecule has 0 unspecified atom stereocenters. The number of sulfonamides is 1. The first-order chi connectivity index (χ1) is 8.90. The molecule has 0 aliphatic rings. The third kappa shape index (κ3) is 2.88. The van der Waals surface area contributed by atoms with E-state index in [1.807, 2.05) is 0 Å². The van der Waals surface area contributed by atoms with Gasteiger partial charge in [0.15, 0.2) is 0 Å². The molecule has 19 heavy (non-hydrogen) atoms. The lowest BCUT2D eigenvalue weighted by atomic mass is 10.3. The molecule has 2 aromatic rings. The molecule has 1 N–H and O–H groups in total. The zero-order chi connectivity index (χ0) is 14.0. The first-order valence-corrected chi connectivity index (χ1v) is 7.27. The predicted octanol–water partition coefficient (Wildman–Crippen LogP) is 2.60. The minimum absolute atomic E-state index is 0.0681. The largest absolute Gasteiger partial charge is 0.306 e. The topological polar surface area (TPSA) is 89.3 Å². The van der Waals surface area contributed by atoms with E-state index in [-0.39, 0.29) is 9.90 Å². The average Bonchev–Trinajstić information content (AvgIpc) is 2.85. The summed E-state index contributed by atoms with van der Waals surface area (Å²) >= 11 is 1.00. The van der Waals surface area contributed by atoms with Crippen molar-refractivity contribution >= 4 is 32.7 Å². The van der Waals surface area contributed by atoms with Gasteiger partial charge in [0.05, 0.1) is 10.6 Å². The smallest absolute Gasteiger partial charge is 0.279 e. The van der Waals surface area contributed by atoms with Crippen molar-refractivity contribution in [2.75, 3.05) is 4.72 Å². The lowest BCUT2D eigenvalue weighted by molar-refractivity contribution is -0.387. The quantitative estimate of drug-likeness (QED) is 0.694. The zero-order valence-electron chi connectivity index (χ0n) is 9.24. The van der Waals surface area contributed by atoms with Gasteiger partial charge in [0.25, 0.3) is 10.0 Å². The number of nitro groups is 1. The minimum atomic E-state index is -3.80. The molecule has 0 radical (unpaired) electrons. The molecular formula is C10H7FN2O4S2. The SMILES string of the molecule is O=[N+]([O-])c1cc(NS(=O)(=O)c2cccs2)ccc1F. The van der Waals surface area contributed by atoms with E-state index in [2.05, 4.69) is 4.72 Å². The summed E-state index contributed by atoms with van der Waals surface area (Å²) in [5.74, 6) is -1.02. The lowest BCUT2D eigenvalue weighted by Gasteiger charge is -2.06. The molecule has 100 valence electrons. The van der Waals surface area contributed by atoms with Gasteiger partial charge in [-0.25, -0.2) is 8.42 Å². The van der Waals surface area contributed by atoms with E-state index >= 15 is 0 Å². The van der Waals surface area contributed by atoms with Crippen molar-refractivity contribution in [2.24, 2.45) is 0 Å². The van der Waals surface area contributed by atoms with Gasteiger partial charge in [-0.05, 0) is 23.6 Å². The van der Waals surface area contributed by atoms with Gasteiger partial charge in [-0.1, -0.05) is 6.07 Å². The molecule has 0 saturated heterocycles. The molecule has 1 heterocycles. The fraction of sp³-hybridized carbons (Fsp3) is 0. The highest BCUT2D eigenvalue weighted by Gasteiger charge is 2.19. The van der Waals surface area contributed by atoms with Gasteiger partial charge >= 0.3 is 5.69 Å². The van der Waals surface area contributed by atoms with Crippen molar-refractivity contribution < 1.29 is 17.7 Å². The summed E-state index contributed by atoms with van der Waals surface area (Å²) < 4.78 is 39.1. The fourth-order valence-electron chi connectivity index (χ4n) is 1.34. The van der Waals surface area contributed by atoms with Crippen LogP contribution in [0.3, 0.4) is 0 Å². The molecular weight excluding hydrogens is 295 g/mol. The van der Waals surface area contributed by atoms with E-state index in [9.17, 15) is 22.9 Å². The molecule has 0 bridgehead atoms. The number of anilines is 1. The standard InChI is InChI=1S/C10H7FN2O4S2/c11-8-4-3-7(6-9(8)13(14)15)12-19(16,17)10-2-1-5-18-10/h1-6,12H. The summed E-state index contributed by atoms with van der Waals surface area (Å²) in [7, 11) is -3.80. The van der Waals surface area contributed by atoms with Gasteiger partial charge in [0, 0.05) is 6.07 Å². The van der Waals surface area contributed by atoms with Gasteiger partial charge < -0.3 is 0 Å². The summed E-state index contributed by atoms with van der Waals surface area (Å²) in [5.41, 5.74) is -0.854. The van der Waals surface area contributed by atoms with Crippen LogP contribution in [0.15, 0.2) is 39.9 Å². The highest BCUT2D eigenvalue weighted by molar-refractivity contribution is 7.94. The molecule has 0 fully saturated rings. The van der Waals surface area contributed by atoms with Crippen LogP contribution in [0.25, 0.3) is 0 Å². The van der Waals surface area contributed by atoms with Crippen LogP contribution >= 0.6 is 11.3 Å². The number of hydrogen-bond acceptors (Lipinski definition) is 5. The second kappa shape index (κ2) is 4.94. The van der Waals surface area contributed by atoms with Crippen LogP contribution in [-0.2, 0) is 10.0 Å². The maximum atomic E-state index is 13.1. The third-order valence-corrected chi connectivity index (χ3v) is 4.93. The van der Waals surface area contributed by atoms with Gasteiger partial charge in [0.2, 0.25) is 5.82 Å². The maximum absolute atomic E-state index is 13.1. The van der Waals surface area contributed by atoms with Crippen LogP contribution in [0.4, 0.5) is 15.8 Å². The summed E-state index contributed by atoms with van der Waals surface area (Å²) in [6, 6.07) is 5.75. The number of halogens is 1. The van der Waals surface area contributed by atoms with Crippen LogP contribution in [0, 0.1) is 15.9 Å². The Hall–Kier alpha value is -2.00. The second-order valence-electron chi connectivity index (χ2n) is 3.46. The van der Waals surface area contributed by atoms with Crippen molar-refractivity contribution in [3.05, 3.63) is 51.6 Å². The zero-order valence-corrected chi connectivity index (χ0v) is 10.9. The molecule has 0 saturated carbocycles. The van der Waals surface area contributed by atoms with E-state index in [1.165, 1.54) is 6.07 Å². The number of nitrogens with one attached hydrogen (secondary N) is 1. The van der Waals surface area contributed by atoms with E-state index in [0.717, 1.165) is 29.5 Å². The highest BCUT2D eigenvalue weighted by Crippen LogP contribution is 2.25. The lowest BCUT2D eigenvalue weighted by Crippen LogP contribution is -2.11. The first-order valence-electron chi connectivity index (χ1n) is 4.90. The number of nitrogens with zero attached hydrogens (tertiary/aromatic N) is 1. The van der Waals surface area contributed by atoms with Crippen molar-refractivity contribution in [3.8, 4) is 0 Å². The van der Waals surface area contributed by atoms with Gasteiger partial charge in [0.1, 0.15) is 4.21 Å². The van der Waals surface area contributed by atoms with E-state index in [0.29, 0.717) is 0 Å². The van der Waals surface area contributed by atoms with Crippen LogP contribution in [0.1, 0.15) is 0 Å². The van der Waals surface area contributed by atoms with Crippen molar-refractivity contribution in [3.63, 3.8) is 0 Å². The Morgan fingerprint density at radius 1 is 1.32 bits per heavy atom. The second-order valence-corrected chi connectivity index (χ2v) is 6.32. The Labute approximate surface area is 111 Å². The van der Waals surface area contributed by atoms with E-state index in [4.69, 9.17) is 0 Å². The van der Waals surface area contributed by atoms with E-state index < -0.39 is 26.5 Å². The summed E-state index contributed by atoms with van der Waals surface area (Å²) in [6.45, 7) is 0. The highest BCUT2D eigenvalue weighted by atomic mass is 32.2. The number of benzene rings is 1. The Bertz CT molecular complexity index is 713. The molecule has 2 rings (SSSR count). The van der Waals surface area contributed by atoms with Gasteiger partial charge in [-0.2, -0.15) is 4.39 Å². The first kappa shape index (κ1) is 13.4. The molecule has 0 spiro atoms. The molecule has 1 aromatic heterocycles. The predicted molar refractivity (Wildman–Crippen MR) is 68.2 cm³/mol. The Morgan fingerprint density at radius 3 is 2.63 bits per heavy atom. The Balaban J connectivity index is 2.35. The molecule has 0 atom stereocenters.